The molecule has 0 radical (unpaired) electrons. The SMILES string of the molecule is CCC(=O)Nc1ccc(C(C)NC(=O)/C=C/c2ccc(S(=O)(=O)NC)cc2)cc1. The Morgan fingerprint density at radius 3 is 2.21 bits per heavy atom. The lowest BCUT2D eigenvalue weighted by Gasteiger charge is -2.14. The van der Waals surface area contributed by atoms with E-state index in [4.69, 9.17) is 0 Å². The lowest BCUT2D eigenvalue weighted by atomic mass is 10.1. The van der Waals surface area contributed by atoms with E-state index in [9.17, 15) is 18.0 Å². The lowest BCUT2D eigenvalue weighted by Crippen LogP contribution is -2.24. The second-order valence-electron chi connectivity index (χ2n) is 6.36. The van der Waals surface area contributed by atoms with Crippen LogP contribution in [0.4, 0.5) is 5.69 Å². The highest BCUT2D eigenvalue weighted by atomic mass is 32.2. The van der Waals surface area contributed by atoms with Gasteiger partial charge in [0.2, 0.25) is 21.8 Å². The van der Waals surface area contributed by atoms with E-state index < -0.39 is 10.0 Å². The zero-order valence-electron chi connectivity index (χ0n) is 16.6. The van der Waals surface area contributed by atoms with Crippen molar-refractivity contribution in [1.82, 2.24) is 10.0 Å². The van der Waals surface area contributed by atoms with Crippen molar-refractivity contribution in [3.8, 4) is 0 Å². The summed E-state index contributed by atoms with van der Waals surface area (Å²) < 4.78 is 25.7. The molecule has 0 aromatic heterocycles. The summed E-state index contributed by atoms with van der Waals surface area (Å²) in [6.45, 7) is 3.65. The topological polar surface area (TPSA) is 104 Å². The molecule has 3 N–H and O–H groups in total. The first-order valence-corrected chi connectivity index (χ1v) is 10.7. The predicted molar refractivity (Wildman–Crippen MR) is 114 cm³/mol. The van der Waals surface area contributed by atoms with Crippen LogP contribution in [0.3, 0.4) is 0 Å². The van der Waals surface area contributed by atoms with Gasteiger partial charge >= 0.3 is 0 Å². The molecular weight excluding hydrogens is 390 g/mol. The van der Waals surface area contributed by atoms with Gasteiger partial charge in [-0.05, 0) is 55.4 Å². The number of carbonyl (C=O) groups is 2. The Balaban J connectivity index is 1.95. The Morgan fingerprint density at radius 1 is 1.03 bits per heavy atom. The van der Waals surface area contributed by atoms with Gasteiger partial charge in [0.25, 0.3) is 0 Å². The molecule has 0 saturated carbocycles. The Hall–Kier alpha value is -2.97. The molecule has 7 nitrogen and oxygen atoms in total. The van der Waals surface area contributed by atoms with E-state index >= 15 is 0 Å². The highest BCUT2D eigenvalue weighted by molar-refractivity contribution is 7.89. The molecule has 0 aliphatic carbocycles. The van der Waals surface area contributed by atoms with Gasteiger partial charge in [0.05, 0.1) is 10.9 Å². The zero-order valence-corrected chi connectivity index (χ0v) is 17.4. The van der Waals surface area contributed by atoms with Gasteiger partial charge in [-0.15, -0.1) is 0 Å². The second kappa shape index (κ2) is 9.99. The van der Waals surface area contributed by atoms with Crippen molar-refractivity contribution in [2.75, 3.05) is 12.4 Å². The largest absolute Gasteiger partial charge is 0.346 e. The van der Waals surface area contributed by atoms with Crippen LogP contribution < -0.4 is 15.4 Å². The van der Waals surface area contributed by atoms with Crippen molar-refractivity contribution in [3.63, 3.8) is 0 Å². The van der Waals surface area contributed by atoms with E-state index in [0.29, 0.717) is 17.7 Å². The monoisotopic (exact) mass is 415 g/mol. The molecule has 0 heterocycles. The minimum absolute atomic E-state index is 0.0548. The van der Waals surface area contributed by atoms with Crippen molar-refractivity contribution in [3.05, 3.63) is 65.7 Å². The molecule has 0 bridgehead atoms. The zero-order chi connectivity index (χ0) is 21.4. The van der Waals surface area contributed by atoms with Crippen LogP contribution >= 0.6 is 0 Å². The lowest BCUT2D eigenvalue weighted by molar-refractivity contribution is -0.117. The fraction of sp³-hybridized carbons (Fsp3) is 0.238. The van der Waals surface area contributed by atoms with Crippen LogP contribution in [0.25, 0.3) is 6.08 Å². The highest BCUT2D eigenvalue weighted by Gasteiger charge is 2.10. The van der Waals surface area contributed by atoms with E-state index in [0.717, 1.165) is 5.56 Å². The summed E-state index contributed by atoms with van der Waals surface area (Å²) in [5, 5.41) is 5.64. The number of rotatable bonds is 8. The summed E-state index contributed by atoms with van der Waals surface area (Å²) in [6.07, 6.45) is 3.42. The van der Waals surface area contributed by atoms with E-state index in [1.807, 2.05) is 19.1 Å². The highest BCUT2D eigenvalue weighted by Crippen LogP contribution is 2.16. The molecule has 0 aliphatic heterocycles. The molecule has 0 aliphatic rings. The van der Waals surface area contributed by atoms with Gasteiger partial charge in [-0.3, -0.25) is 9.59 Å². The van der Waals surface area contributed by atoms with Crippen LogP contribution in [-0.2, 0) is 19.6 Å². The smallest absolute Gasteiger partial charge is 0.244 e. The van der Waals surface area contributed by atoms with Gasteiger partial charge < -0.3 is 10.6 Å². The van der Waals surface area contributed by atoms with Crippen LogP contribution in [0, 0.1) is 0 Å². The van der Waals surface area contributed by atoms with Gasteiger partial charge in [0.15, 0.2) is 0 Å². The number of carbonyl (C=O) groups excluding carboxylic acids is 2. The third-order valence-electron chi connectivity index (χ3n) is 4.26. The van der Waals surface area contributed by atoms with Crippen molar-refractivity contribution < 1.29 is 18.0 Å². The molecule has 0 saturated heterocycles. The normalized spacial score (nSPS) is 12.5. The van der Waals surface area contributed by atoms with Gasteiger partial charge in [-0.2, -0.15) is 0 Å². The van der Waals surface area contributed by atoms with E-state index in [1.54, 1.807) is 37.3 Å². The molecule has 1 unspecified atom stereocenters. The van der Waals surface area contributed by atoms with Crippen LogP contribution in [0.15, 0.2) is 59.5 Å². The molecule has 2 amide bonds. The fourth-order valence-corrected chi connectivity index (χ4v) is 3.23. The molecule has 29 heavy (non-hydrogen) atoms. The quantitative estimate of drug-likeness (QED) is 0.577. The van der Waals surface area contributed by atoms with Crippen LogP contribution in [0.5, 0.6) is 0 Å². The summed E-state index contributed by atoms with van der Waals surface area (Å²) >= 11 is 0. The summed E-state index contributed by atoms with van der Waals surface area (Å²) in [4.78, 5) is 23.7. The van der Waals surface area contributed by atoms with Crippen molar-refractivity contribution in [2.24, 2.45) is 0 Å². The molecule has 0 spiro atoms. The average Bonchev–Trinajstić information content (AvgIpc) is 2.73. The van der Waals surface area contributed by atoms with Crippen molar-refractivity contribution in [2.45, 2.75) is 31.2 Å². The average molecular weight is 416 g/mol. The van der Waals surface area contributed by atoms with E-state index in [2.05, 4.69) is 15.4 Å². The Labute approximate surface area is 171 Å². The number of benzene rings is 2. The van der Waals surface area contributed by atoms with Gasteiger partial charge in [-0.1, -0.05) is 31.2 Å². The molecule has 0 fully saturated rings. The first-order chi connectivity index (χ1) is 13.7. The minimum atomic E-state index is -3.48. The number of anilines is 1. The maximum absolute atomic E-state index is 12.2. The third kappa shape index (κ3) is 6.55. The number of nitrogens with one attached hydrogen (secondary N) is 3. The maximum atomic E-state index is 12.2. The van der Waals surface area contributed by atoms with Crippen LogP contribution in [0.2, 0.25) is 0 Å². The van der Waals surface area contributed by atoms with Gasteiger partial charge in [0.1, 0.15) is 0 Å². The van der Waals surface area contributed by atoms with E-state index in [1.165, 1.54) is 25.3 Å². The summed E-state index contributed by atoms with van der Waals surface area (Å²) in [7, 11) is -2.13. The Kier molecular flexibility index (Phi) is 7.69. The number of hydrogen-bond acceptors (Lipinski definition) is 4. The summed E-state index contributed by atoms with van der Waals surface area (Å²) in [5.74, 6) is -0.325. The molecule has 2 rings (SSSR count). The van der Waals surface area contributed by atoms with E-state index in [-0.39, 0.29) is 22.8 Å². The first-order valence-electron chi connectivity index (χ1n) is 9.17. The van der Waals surface area contributed by atoms with Gasteiger partial charge in [-0.25, -0.2) is 13.1 Å². The number of hydrogen-bond donors (Lipinski definition) is 3. The summed E-state index contributed by atoms with van der Waals surface area (Å²) in [5.41, 5.74) is 2.32. The number of sulfonamides is 1. The minimum Gasteiger partial charge on any atom is -0.346 e. The molecule has 2 aromatic carbocycles. The molecule has 1 atom stereocenters. The number of amides is 2. The summed E-state index contributed by atoms with van der Waals surface area (Å²) in [6, 6.07) is 13.3. The first kappa shape index (κ1) is 22.3. The van der Waals surface area contributed by atoms with Crippen LogP contribution in [-0.4, -0.2) is 27.3 Å². The Bertz CT molecular complexity index is 982. The van der Waals surface area contributed by atoms with Crippen molar-refractivity contribution in [1.29, 1.82) is 0 Å². The predicted octanol–water partition coefficient (Wildman–Crippen LogP) is 2.83. The maximum Gasteiger partial charge on any atom is 0.244 e. The van der Waals surface area contributed by atoms with Crippen LogP contribution in [0.1, 0.15) is 37.4 Å². The third-order valence-corrected chi connectivity index (χ3v) is 5.69. The fourth-order valence-electron chi connectivity index (χ4n) is 2.50. The second-order valence-corrected chi connectivity index (χ2v) is 8.25. The van der Waals surface area contributed by atoms with Crippen molar-refractivity contribution >= 4 is 33.6 Å². The Morgan fingerprint density at radius 2 is 1.66 bits per heavy atom. The molecule has 2 aromatic rings. The molecule has 8 heteroatoms. The van der Waals surface area contributed by atoms with Gasteiger partial charge in [0, 0.05) is 18.2 Å². The standard InChI is InChI=1S/C21H25N3O4S/c1-4-20(25)24-18-10-8-17(9-11-18)15(2)23-21(26)14-7-16-5-12-19(13-6-16)29(27,28)22-3/h5-15,22H,4H2,1-3H3,(H,23,26)(H,24,25)/b14-7+. The molecule has 154 valence electrons. The molecular formula is C21H25N3O4S.